The molecular weight excluding hydrogens is 280 g/mol. The van der Waals surface area contributed by atoms with Crippen LogP contribution in [0.3, 0.4) is 0 Å². The maximum absolute atomic E-state index is 9.81. The van der Waals surface area contributed by atoms with Crippen molar-refractivity contribution in [2.24, 2.45) is 0 Å². The van der Waals surface area contributed by atoms with Gasteiger partial charge in [-0.3, -0.25) is 0 Å². The van der Waals surface area contributed by atoms with E-state index < -0.39 is 6.29 Å². The van der Waals surface area contributed by atoms with E-state index >= 15 is 0 Å². The van der Waals surface area contributed by atoms with Crippen LogP contribution in [-0.2, 0) is 11.3 Å². The summed E-state index contributed by atoms with van der Waals surface area (Å²) in [5.74, 6) is 0.736. The largest absolute Gasteiger partial charge is 0.489 e. The molecule has 0 bridgehead atoms. The SMILES string of the molecule is CCOC(O)c1cn2ccc(OCc3ccccc3)cc2n1. The second-order valence-corrected chi connectivity index (χ2v) is 4.88. The van der Waals surface area contributed by atoms with Crippen molar-refractivity contribution >= 4 is 5.65 Å². The van der Waals surface area contributed by atoms with Gasteiger partial charge in [0.05, 0.1) is 0 Å². The van der Waals surface area contributed by atoms with Gasteiger partial charge in [0.2, 0.25) is 0 Å². The molecule has 22 heavy (non-hydrogen) atoms. The van der Waals surface area contributed by atoms with Crippen molar-refractivity contribution in [3.05, 3.63) is 66.1 Å². The van der Waals surface area contributed by atoms with Crippen molar-refractivity contribution in [1.29, 1.82) is 0 Å². The molecule has 0 aliphatic heterocycles. The molecule has 0 aliphatic carbocycles. The highest BCUT2D eigenvalue weighted by atomic mass is 16.6. The summed E-state index contributed by atoms with van der Waals surface area (Å²) in [5, 5.41) is 9.81. The number of hydrogen-bond acceptors (Lipinski definition) is 4. The predicted molar refractivity (Wildman–Crippen MR) is 82.6 cm³/mol. The molecule has 2 heterocycles. The number of aliphatic hydroxyl groups is 1. The highest BCUT2D eigenvalue weighted by Gasteiger charge is 2.12. The fourth-order valence-electron chi connectivity index (χ4n) is 2.18. The molecule has 0 saturated carbocycles. The van der Waals surface area contributed by atoms with Gasteiger partial charge in [-0.25, -0.2) is 4.98 Å². The second kappa shape index (κ2) is 6.60. The van der Waals surface area contributed by atoms with Crippen molar-refractivity contribution in [3.8, 4) is 5.75 Å². The molecule has 0 aliphatic rings. The van der Waals surface area contributed by atoms with Crippen LogP contribution >= 0.6 is 0 Å². The van der Waals surface area contributed by atoms with Crippen LogP contribution in [0.25, 0.3) is 5.65 Å². The van der Waals surface area contributed by atoms with Crippen LogP contribution in [0.2, 0.25) is 0 Å². The molecule has 0 spiro atoms. The Morgan fingerprint density at radius 2 is 2.05 bits per heavy atom. The number of rotatable bonds is 6. The van der Waals surface area contributed by atoms with E-state index in [1.54, 1.807) is 6.20 Å². The summed E-state index contributed by atoms with van der Waals surface area (Å²) in [6, 6.07) is 13.7. The summed E-state index contributed by atoms with van der Waals surface area (Å²) in [6.45, 7) is 2.77. The first-order chi connectivity index (χ1) is 10.8. The molecule has 2 aromatic heterocycles. The lowest BCUT2D eigenvalue weighted by Gasteiger charge is -2.06. The normalized spacial score (nSPS) is 12.5. The number of fused-ring (bicyclic) bond motifs is 1. The Morgan fingerprint density at radius 1 is 1.23 bits per heavy atom. The molecule has 5 nitrogen and oxygen atoms in total. The van der Waals surface area contributed by atoms with E-state index in [0.29, 0.717) is 24.6 Å². The van der Waals surface area contributed by atoms with Crippen LogP contribution in [0.4, 0.5) is 0 Å². The number of nitrogens with zero attached hydrogens (tertiary/aromatic N) is 2. The summed E-state index contributed by atoms with van der Waals surface area (Å²) in [5.41, 5.74) is 2.31. The van der Waals surface area contributed by atoms with E-state index in [4.69, 9.17) is 9.47 Å². The first-order valence-corrected chi connectivity index (χ1v) is 7.21. The van der Waals surface area contributed by atoms with Gasteiger partial charge in [-0.15, -0.1) is 0 Å². The van der Waals surface area contributed by atoms with E-state index in [9.17, 15) is 5.11 Å². The quantitative estimate of drug-likeness (QED) is 0.711. The van der Waals surface area contributed by atoms with Gasteiger partial charge >= 0.3 is 0 Å². The fraction of sp³-hybridized carbons (Fsp3) is 0.235. The number of ether oxygens (including phenoxy) is 2. The van der Waals surface area contributed by atoms with Crippen LogP contribution in [0.1, 0.15) is 24.5 Å². The van der Waals surface area contributed by atoms with E-state index in [1.807, 2.05) is 60.0 Å². The predicted octanol–water partition coefficient (Wildman–Crippen LogP) is 2.94. The van der Waals surface area contributed by atoms with Gasteiger partial charge in [0.25, 0.3) is 0 Å². The number of aromatic nitrogens is 2. The van der Waals surface area contributed by atoms with Crippen molar-refractivity contribution in [3.63, 3.8) is 0 Å². The number of benzene rings is 1. The monoisotopic (exact) mass is 298 g/mol. The molecule has 1 unspecified atom stereocenters. The highest BCUT2D eigenvalue weighted by Crippen LogP contribution is 2.19. The van der Waals surface area contributed by atoms with Crippen LogP contribution in [0.5, 0.6) is 5.75 Å². The molecule has 0 fully saturated rings. The third kappa shape index (κ3) is 3.27. The minimum absolute atomic E-state index is 0.431. The zero-order valence-corrected chi connectivity index (χ0v) is 12.3. The summed E-state index contributed by atoms with van der Waals surface area (Å²) in [7, 11) is 0. The topological polar surface area (TPSA) is 56.0 Å². The maximum atomic E-state index is 9.81. The first-order valence-electron chi connectivity index (χ1n) is 7.21. The third-order valence-corrected chi connectivity index (χ3v) is 3.28. The lowest BCUT2D eigenvalue weighted by molar-refractivity contribution is -0.100. The zero-order chi connectivity index (χ0) is 15.4. The van der Waals surface area contributed by atoms with Gasteiger partial charge in [-0.05, 0) is 18.6 Å². The number of imidazole rings is 1. The average molecular weight is 298 g/mol. The van der Waals surface area contributed by atoms with E-state index in [2.05, 4.69) is 4.98 Å². The Labute approximate surface area is 128 Å². The molecule has 1 N–H and O–H groups in total. The smallest absolute Gasteiger partial charge is 0.200 e. The van der Waals surface area contributed by atoms with Crippen LogP contribution in [-0.4, -0.2) is 21.1 Å². The minimum Gasteiger partial charge on any atom is -0.489 e. The second-order valence-electron chi connectivity index (χ2n) is 4.88. The van der Waals surface area contributed by atoms with Gasteiger partial charge in [-0.2, -0.15) is 0 Å². The van der Waals surface area contributed by atoms with E-state index in [0.717, 1.165) is 11.3 Å². The Kier molecular flexibility index (Phi) is 4.37. The molecule has 5 heteroatoms. The van der Waals surface area contributed by atoms with Gasteiger partial charge in [-0.1, -0.05) is 30.3 Å². The van der Waals surface area contributed by atoms with E-state index in [-0.39, 0.29) is 0 Å². The molecule has 1 atom stereocenters. The van der Waals surface area contributed by atoms with Gasteiger partial charge in [0.15, 0.2) is 6.29 Å². The molecule has 0 radical (unpaired) electrons. The summed E-state index contributed by atoms with van der Waals surface area (Å²) in [4.78, 5) is 4.35. The number of aliphatic hydroxyl groups excluding tert-OH is 1. The third-order valence-electron chi connectivity index (χ3n) is 3.28. The lowest BCUT2D eigenvalue weighted by atomic mass is 10.2. The van der Waals surface area contributed by atoms with Crippen molar-refractivity contribution < 1.29 is 14.6 Å². The minimum atomic E-state index is -1.00. The molecule has 3 rings (SSSR count). The maximum Gasteiger partial charge on any atom is 0.200 e. The molecule has 0 saturated heterocycles. The highest BCUT2D eigenvalue weighted by molar-refractivity contribution is 5.45. The van der Waals surface area contributed by atoms with Crippen molar-refractivity contribution in [2.45, 2.75) is 19.8 Å². The molecule has 0 amide bonds. The molecule has 3 aromatic rings. The van der Waals surface area contributed by atoms with E-state index in [1.165, 1.54) is 0 Å². The van der Waals surface area contributed by atoms with Gasteiger partial charge < -0.3 is 19.0 Å². The van der Waals surface area contributed by atoms with Crippen molar-refractivity contribution in [1.82, 2.24) is 9.38 Å². The summed E-state index contributed by atoms with van der Waals surface area (Å²) >= 11 is 0. The standard InChI is InChI=1S/C17H18N2O3/c1-2-21-17(20)15-11-19-9-8-14(10-16(19)18-15)22-12-13-6-4-3-5-7-13/h3-11,17,20H,2,12H2,1H3. The average Bonchev–Trinajstić information content (AvgIpc) is 2.97. The lowest BCUT2D eigenvalue weighted by Crippen LogP contribution is -2.02. The Hall–Kier alpha value is -2.37. The summed E-state index contributed by atoms with van der Waals surface area (Å²) in [6.07, 6.45) is 2.60. The number of pyridine rings is 1. The summed E-state index contributed by atoms with van der Waals surface area (Å²) < 4.78 is 12.7. The Balaban J connectivity index is 1.75. The van der Waals surface area contributed by atoms with Crippen LogP contribution in [0.15, 0.2) is 54.9 Å². The molecule has 114 valence electrons. The Bertz CT molecular complexity index is 740. The fourth-order valence-corrected chi connectivity index (χ4v) is 2.18. The Morgan fingerprint density at radius 3 is 2.82 bits per heavy atom. The van der Waals surface area contributed by atoms with Crippen LogP contribution < -0.4 is 4.74 Å². The van der Waals surface area contributed by atoms with Gasteiger partial charge in [0, 0.05) is 25.1 Å². The van der Waals surface area contributed by atoms with Crippen molar-refractivity contribution in [2.75, 3.05) is 6.61 Å². The first kappa shape index (κ1) is 14.6. The zero-order valence-electron chi connectivity index (χ0n) is 12.3. The number of hydrogen-bond donors (Lipinski definition) is 1. The van der Waals surface area contributed by atoms with Gasteiger partial charge in [0.1, 0.15) is 23.7 Å². The van der Waals surface area contributed by atoms with Crippen LogP contribution in [0, 0.1) is 0 Å². The molecular formula is C17H18N2O3. The molecule has 1 aromatic carbocycles.